The highest BCUT2D eigenvalue weighted by Crippen LogP contribution is 2.12. The van der Waals surface area contributed by atoms with Gasteiger partial charge >= 0.3 is 0 Å². The van der Waals surface area contributed by atoms with Gasteiger partial charge in [0.05, 0.1) is 5.71 Å². The van der Waals surface area contributed by atoms with Crippen LogP contribution in [0.2, 0.25) is 0 Å². The molecule has 0 heterocycles. The normalized spacial score (nSPS) is 11.4. The van der Waals surface area contributed by atoms with Gasteiger partial charge in [0.25, 0.3) is 0 Å². The van der Waals surface area contributed by atoms with Gasteiger partial charge in [-0.25, -0.2) is 8.79 Å². The van der Waals surface area contributed by atoms with E-state index in [-0.39, 0.29) is 5.82 Å². The van der Waals surface area contributed by atoms with Crippen LogP contribution in [0.5, 0.6) is 0 Å². The molecule has 0 atom stereocenters. The van der Waals surface area contributed by atoms with Crippen molar-refractivity contribution in [2.75, 3.05) is 0 Å². The number of thiol groups is 1. The largest absolute Gasteiger partial charge is 0.224 e. The third-order valence-corrected chi connectivity index (χ3v) is 2.13. The number of nitrogens with zero attached hydrogens (tertiary/aromatic N) is 1. The molecule has 1 rings (SSSR count). The molecule has 0 saturated carbocycles. The van der Waals surface area contributed by atoms with E-state index in [9.17, 15) is 4.39 Å². The Morgan fingerprint density at radius 1 is 1.50 bits per heavy atom. The van der Waals surface area contributed by atoms with E-state index in [2.05, 4.69) is 23.8 Å². The highest BCUT2D eigenvalue weighted by molar-refractivity contribution is 7.79. The lowest BCUT2D eigenvalue weighted by Gasteiger charge is -2.04. The van der Waals surface area contributed by atoms with Crippen LogP contribution in [0.3, 0.4) is 0 Å². The Kier molecular flexibility index (Phi) is 4.40. The van der Waals surface area contributed by atoms with Crippen molar-refractivity contribution in [2.24, 2.45) is 4.40 Å². The molecule has 1 nitrogen and oxygen atoms in total. The van der Waals surface area contributed by atoms with Gasteiger partial charge in [0.1, 0.15) is 5.82 Å². The van der Waals surface area contributed by atoms with Crippen LogP contribution < -0.4 is 0 Å². The van der Waals surface area contributed by atoms with Crippen molar-refractivity contribution in [3.05, 3.63) is 48.3 Å². The summed E-state index contributed by atoms with van der Waals surface area (Å²) < 4.78 is 17.1. The third kappa shape index (κ3) is 2.70. The lowest BCUT2D eigenvalue weighted by molar-refractivity contribution is 0.624. The molecule has 0 aromatic heterocycles. The van der Waals surface area contributed by atoms with Crippen LogP contribution in [0, 0.1) is 5.82 Å². The average Bonchev–Trinajstić information content (AvgIpc) is 2.21. The lowest BCUT2D eigenvalue weighted by atomic mass is 10.1. The molecule has 0 aliphatic rings. The second-order valence-corrected chi connectivity index (χ2v) is 3.05. The van der Waals surface area contributed by atoms with Gasteiger partial charge in [-0.05, 0) is 31.7 Å². The van der Waals surface area contributed by atoms with Crippen LogP contribution in [-0.4, -0.2) is 5.71 Å². The zero-order valence-electron chi connectivity index (χ0n) is 7.78. The maximum Gasteiger partial charge on any atom is 0.132 e. The van der Waals surface area contributed by atoms with Crippen molar-refractivity contribution < 1.29 is 4.39 Å². The minimum absolute atomic E-state index is 0.260. The van der Waals surface area contributed by atoms with Crippen LogP contribution in [-0.2, 0) is 0 Å². The van der Waals surface area contributed by atoms with Crippen molar-refractivity contribution in [2.45, 2.75) is 12.8 Å². The summed E-state index contributed by atoms with van der Waals surface area (Å²) >= 11 is 3.83. The average molecular weight is 209 g/mol. The van der Waals surface area contributed by atoms with Gasteiger partial charge in [-0.1, -0.05) is 24.3 Å². The van der Waals surface area contributed by atoms with Crippen LogP contribution in [0.1, 0.15) is 18.4 Å². The van der Waals surface area contributed by atoms with Gasteiger partial charge in [0.15, 0.2) is 0 Å². The first-order chi connectivity index (χ1) is 6.79. The first-order valence-corrected chi connectivity index (χ1v) is 4.76. The van der Waals surface area contributed by atoms with Crippen molar-refractivity contribution in [3.8, 4) is 0 Å². The van der Waals surface area contributed by atoms with Crippen LogP contribution in [0.4, 0.5) is 4.39 Å². The van der Waals surface area contributed by atoms with Gasteiger partial charge in [0, 0.05) is 5.56 Å². The van der Waals surface area contributed by atoms with Crippen molar-refractivity contribution >= 4 is 18.5 Å². The molecular weight excluding hydrogens is 197 g/mol. The van der Waals surface area contributed by atoms with Crippen LogP contribution in [0.25, 0.3) is 0 Å². The Morgan fingerprint density at radius 2 is 2.21 bits per heavy atom. The predicted molar refractivity (Wildman–Crippen MR) is 61.4 cm³/mol. The predicted octanol–water partition coefficient (Wildman–Crippen LogP) is 3.43. The molecule has 1 aromatic carbocycles. The summed E-state index contributed by atoms with van der Waals surface area (Å²) in [5, 5.41) is 0. The molecule has 0 N–H and O–H groups in total. The first kappa shape index (κ1) is 11.0. The fourth-order valence-corrected chi connectivity index (χ4v) is 1.38. The first-order valence-electron chi connectivity index (χ1n) is 4.36. The number of hydrogen-bond acceptors (Lipinski definition) is 2. The van der Waals surface area contributed by atoms with Crippen LogP contribution >= 0.6 is 12.8 Å². The number of hydrogen-bond donors (Lipinski definition) is 1. The number of allylic oxidation sites excluding steroid dienone is 1. The molecule has 0 unspecified atom stereocenters. The zero-order chi connectivity index (χ0) is 10.4. The second-order valence-electron chi connectivity index (χ2n) is 2.85. The summed E-state index contributed by atoms with van der Waals surface area (Å²) in [5.41, 5.74) is 1.18. The molecule has 0 amide bonds. The van der Waals surface area contributed by atoms with E-state index in [1.807, 2.05) is 0 Å². The molecule has 0 bridgehead atoms. The molecular formula is C11H12FNS. The number of benzene rings is 1. The molecule has 3 heteroatoms. The molecule has 0 radical (unpaired) electrons. The standard InChI is InChI=1S/C11H12FNS/c1-2-3-8-11(13-14)9-6-4-5-7-10(9)12/h2,4-7,14H,1,3,8H2. The van der Waals surface area contributed by atoms with Crippen molar-refractivity contribution in [1.82, 2.24) is 0 Å². The molecule has 74 valence electrons. The van der Waals surface area contributed by atoms with Crippen LogP contribution in [0.15, 0.2) is 41.3 Å². The van der Waals surface area contributed by atoms with E-state index in [1.165, 1.54) is 6.07 Å². The van der Waals surface area contributed by atoms with Crippen molar-refractivity contribution in [3.63, 3.8) is 0 Å². The van der Waals surface area contributed by atoms with Gasteiger partial charge in [-0.3, -0.25) is 0 Å². The third-order valence-electron chi connectivity index (χ3n) is 1.89. The van der Waals surface area contributed by atoms with E-state index in [0.717, 1.165) is 6.42 Å². The summed E-state index contributed by atoms with van der Waals surface area (Å²) in [6.45, 7) is 3.61. The van der Waals surface area contributed by atoms with Gasteiger partial charge < -0.3 is 0 Å². The van der Waals surface area contributed by atoms with E-state index in [4.69, 9.17) is 0 Å². The summed E-state index contributed by atoms with van der Waals surface area (Å²) in [6.07, 6.45) is 3.21. The van der Waals surface area contributed by atoms with Gasteiger partial charge in [-0.15, -0.1) is 6.58 Å². The maximum absolute atomic E-state index is 13.3. The fraction of sp³-hybridized carbons (Fsp3) is 0.182. The monoisotopic (exact) mass is 209 g/mol. The molecule has 0 saturated heterocycles. The highest BCUT2D eigenvalue weighted by Gasteiger charge is 2.06. The number of rotatable bonds is 4. The molecule has 0 spiro atoms. The molecule has 1 aromatic rings. The molecule has 0 aliphatic heterocycles. The minimum atomic E-state index is -0.260. The Balaban J connectivity index is 2.90. The maximum atomic E-state index is 13.3. The Hall–Kier alpha value is -1.09. The Labute approximate surface area is 88.9 Å². The van der Waals surface area contributed by atoms with Gasteiger partial charge in [-0.2, -0.15) is 0 Å². The topological polar surface area (TPSA) is 12.4 Å². The fourth-order valence-electron chi connectivity index (χ4n) is 1.17. The minimum Gasteiger partial charge on any atom is -0.224 e. The lowest BCUT2D eigenvalue weighted by Crippen LogP contribution is -2.02. The quantitative estimate of drug-likeness (QED) is 0.443. The SMILES string of the molecule is C=CCCC(=NS)c1ccccc1F. The summed E-state index contributed by atoms with van der Waals surface area (Å²) in [7, 11) is 0. The summed E-state index contributed by atoms with van der Waals surface area (Å²) in [5.74, 6) is -0.260. The van der Waals surface area contributed by atoms with E-state index >= 15 is 0 Å². The van der Waals surface area contributed by atoms with E-state index in [0.29, 0.717) is 17.7 Å². The Bertz CT molecular complexity index is 347. The zero-order valence-corrected chi connectivity index (χ0v) is 8.67. The highest BCUT2D eigenvalue weighted by atomic mass is 32.1. The Morgan fingerprint density at radius 3 is 2.79 bits per heavy atom. The molecule has 0 aliphatic carbocycles. The smallest absolute Gasteiger partial charge is 0.132 e. The second kappa shape index (κ2) is 5.60. The molecule has 0 fully saturated rings. The molecule has 14 heavy (non-hydrogen) atoms. The van der Waals surface area contributed by atoms with Gasteiger partial charge in [0.2, 0.25) is 0 Å². The van der Waals surface area contributed by atoms with E-state index < -0.39 is 0 Å². The van der Waals surface area contributed by atoms with Crippen molar-refractivity contribution in [1.29, 1.82) is 0 Å². The summed E-state index contributed by atoms with van der Waals surface area (Å²) in [6, 6.07) is 6.56. The number of halogens is 1. The summed E-state index contributed by atoms with van der Waals surface area (Å²) in [4.78, 5) is 0. The van der Waals surface area contributed by atoms with E-state index in [1.54, 1.807) is 24.3 Å².